The molecule has 0 aliphatic carbocycles. The summed E-state index contributed by atoms with van der Waals surface area (Å²) in [6, 6.07) is 10.8. The number of fused-ring (bicyclic) bond motifs is 2. The number of H-pyrrole nitrogens is 1. The Morgan fingerprint density at radius 2 is 2.17 bits per heavy atom. The fourth-order valence-electron chi connectivity index (χ4n) is 3.26. The highest BCUT2D eigenvalue weighted by atomic mass is 32.1. The molecule has 0 bridgehead atoms. The Kier molecular flexibility index (Phi) is 3.98. The molecule has 0 saturated heterocycles. The van der Waals surface area contributed by atoms with Gasteiger partial charge in [-0.1, -0.05) is 32.0 Å². The van der Waals surface area contributed by atoms with Crippen LogP contribution in [-0.4, -0.2) is 21.4 Å². The predicted octanol–water partition coefficient (Wildman–Crippen LogP) is 3.67. The molecule has 0 radical (unpaired) electrons. The van der Waals surface area contributed by atoms with Gasteiger partial charge in [-0.2, -0.15) is 0 Å². The van der Waals surface area contributed by atoms with Crippen molar-refractivity contribution in [2.45, 2.75) is 39.3 Å². The summed E-state index contributed by atoms with van der Waals surface area (Å²) < 4.78 is 1.33. The Bertz CT molecular complexity index is 908. The number of nitrogens with one attached hydrogen (secondary N) is 1. The summed E-state index contributed by atoms with van der Waals surface area (Å²) in [7, 11) is 0. The molecule has 0 amide bonds. The summed E-state index contributed by atoms with van der Waals surface area (Å²) >= 11 is 1.85. The minimum atomic E-state index is 0.0465. The van der Waals surface area contributed by atoms with E-state index in [-0.39, 0.29) is 11.5 Å². The van der Waals surface area contributed by atoms with E-state index in [1.807, 2.05) is 11.3 Å². The van der Waals surface area contributed by atoms with E-state index in [4.69, 9.17) is 4.98 Å². The molecule has 2 aromatic heterocycles. The molecule has 0 spiro atoms. The molecule has 5 heteroatoms. The number of thiophene rings is 1. The first kappa shape index (κ1) is 15.5. The van der Waals surface area contributed by atoms with Crippen molar-refractivity contribution in [2.24, 2.45) is 0 Å². The monoisotopic (exact) mass is 339 g/mol. The summed E-state index contributed by atoms with van der Waals surface area (Å²) in [5.41, 5.74) is 1.87. The van der Waals surface area contributed by atoms with Crippen LogP contribution in [0.3, 0.4) is 0 Å². The van der Waals surface area contributed by atoms with E-state index in [9.17, 15) is 4.79 Å². The average molecular weight is 339 g/mol. The first-order valence-electron chi connectivity index (χ1n) is 8.42. The molecule has 1 aromatic carbocycles. The van der Waals surface area contributed by atoms with Gasteiger partial charge in [-0.3, -0.25) is 9.69 Å². The third kappa shape index (κ3) is 2.89. The zero-order chi connectivity index (χ0) is 16.7. The van der Waals surface area contributed by atoms with E-state index in [0.717, 1.165) is 43.1 Å². The average Bonchev–Trinajstić information content (AvgIpc) is 2.96. The third-order valence-electron chi connectivity index (χ3n) is 4.57. The summed E-state index contributed by atoms with van der Waals surface area (Å²) in [5.74, 6) is 1.03. The van der Waals surface area contributed by atoms with Crippen LogP contribution in [0, 0.1) is 0 Å². The fraction of sp³-hybridized carbons (Fsp3) is 0.368. The molecule has 0 atom stereocenters. The smallest absolute Gasteiger partial charge is 0.254 e. The van der Waals surface area contributed by atoms with Crippen molar-refractivity contribution >= 4 is 21.4 Å². The van der Waals surface area contributed by atoms with Gasteiger partial charge in [-0.25, -0.2) is 4.98 Å². The first-order chi connectivity index (χ1) is 11.6. The number of rotatable bonds is 3. The lowest BCUT2D eigenvalue weighted by molar-refractivity contribution is 0.242. The van der Waals surface area contributed by atoms with Gasteiger partial charge < -0.3 is 4.98 Å². The van der Waals surface area contributed by atoms with Crippen LogP contribution in [-0.2, 0) is 19.5 Å². The zero-order valence-electron chi connectivity index (χ0n) is 14.0. The lowest BCUT2D eigenvalue weighted by Crippen LogP contribution is -2.35. The van der Waals surface area contributed by atoms with Crippen molar-refractivity contribution < 1.29 is 0 Å². The van der Waals surface area contributed by atoms with Gasteiger partial charge in [0.15, 0.2) is 0 Å². The molecule has 0 unspecified atom stereocenters. The SMILES string of the molecule is CC(C)c1nc2c(c(=O)[nH]1)CCN(Cc1cc3ccccc3s1)C2. The molecule has 4 nitrogen and oxygen atoms in total. The number of hydrogen-bond acceptors (Lipinski definition) is 4. The molecular formula is C19H21N3OS. The Morgan fingerprint density at radius 3 is 2.96 bits per heavy atom. The van der Waals surface area contributed by atoms with Crippen LogP contribution in [0.1, 0.15) is 41.7 Å². The molecule has 24 heavy (non-hydrogen) atoms. The van der Waals surface area contributed by atoms with Crippen LogP contribution >= 0.6 is 11.3 Å². The van der Waals surface area contributed by atoms with Crippen molar-refractivity contribution in [2.75, 3.05) is 6.54 Å². The van der Waals surface area contributed by atoms with Gasteiger partial charge in [0.05, 0.1) is 5.69 Å². The second kappa shape index (κ2) is 6.15. The number of nitrogens with zero attached hydrogens (tertiary/aromatic N) is 2. The second-order valence-corrected chi connectivity index (χ2v) is 7.91. The van der Waals surface area contributed by atoms with Gasteiger partial charge >= 0.3 is 0 Å². The van der Waals surface area contributed by atoms with Crippen LogP contribution in [0.15, 0.2) is 35.1 Å². The number of aromatic nitrogens is 2. The lowest BCUT2D eigenvalue weighted by Gasteiger charge is -2.27. The predicted molar refractivity (Wildman–Crippen MR) is 98.6 cm³/mol. The second-order valence-electron chi connectivity index (χ2n) is 6.74. The van der Waals surface area contributed by atoms with Crippen molar-refractivity contribution in [1.82, 2.24) is 14.9 Å². The van der Waals surface area contributed by atoms with Gasteiger partial charge in [-0.05, 0) is 23.9 Å². The lowest BCUT2D eigenvalue weighted by atomic mass is 10.1. The van der Waals surface area contributed by atoms with Gasteiger partial charge in [0, 0.05) is 40.7 Å². The van der Waals surface area contributed by atoms with Crippen molar-refractivity contribution in [3.63, 3.8) is 0 Å². The Balaban J connectivity index is 1.58. The van der Waals surface area contributed by atoms with Crippen molar-refractivity contribution in [1.29, 1.82) is 0 Å². The highest BCUT2D eigenvalue weighted by Gasteiger charge is 2.22. The summed E-state index contributed by atoms with van der Waals surface area (Å²) in [4.78, 5) is 23.7. The summed E-state index contributed by atoms with van der Waals surface area (Å²) in [6.07, 6.45) is 0.779. The van der Waals surface area contributed by atoms with Crippen LogP contribution in [0.4, 0.5) is 0 Å². The van der Waals surface area contributed by atoms with Crippen molar-refractivity contribution in [3.8, 4) is 0 Å². The topological polar surface area (TPSA) is 49.0 Å². The van der Waals surface area contributed by atoms with Crippen LogP contribution in [0.5, 0.6) is 0 Å². The first-order valence-corrected chi connectivity index (χ1v) is 9.23. The Morgan fingerprint density at radius 1 is 1.33 bits per heavy atom. The molecule has 3 aromatic rings. The molecule has 3 heterocycles. The van der Waals surface area contributed by atoms with E-state index in [2.05, 4.69) is 54.1 Å². The van der Waals surface area contributed by atoms with Gasteiger partial charge in [0.1, 0.15) is 5.82 Å². The normalized spacial score (nSPS) is 15.1. The maximum Gasteiger partial charge on any atom is 0.254 e. The molecule has 0 fully saturated rings. The highest BCUT2D eigenvalue weighted by molar-refractivity contribution is 7.19. The minimum Gasteiger partial charge on any atom is -0.310 e. The quantitative estimate of drug-likeness (QED) is 0.792. The van der Waals surface area contributed by atoms with Gasteiger partial charge in [-0.15, -0.1) is 11.3 Å². The molecule has 124 valence electrons. The Labute approximate surface area is 145 Å². The van der Waals surface area contributed by atoms with Crippen LogP contribution < -0.4 is 5.56 Å². The molecule has 4 rings (SSSR count). The van der Waals surface area contributed by atoms with Gasteiger partial charge in [0.25, 0.3) is 5.56 Å². The van der Waals surface area contributed by atoms with Crippen molar-refractivity contribution in [3.05, 3.63) is 62.6 Å². The molecule has 0 saturated carbocycles. The zero-order valence-corrected chi connectivity index (χ0v) is 14.8. The molecule has 1 N–H and O–H groups in total. The fourth-order valence-corrected chi connectivity index (χ4v) is 4.36. The van der Waals surface area contributed by atoms with E-state index in [1.54, 1.807) is 0 Å². The highest BCUT2D eigenvalue weighted by Crippen LogP contribution is 2.27. The third-order valence-corrected chi connectivity index (χ3v) is 5.67. The van der Waals surface area contributed by atoms with E-state index >= 15 is 0 Å². The number of aromatic amines is 1. The summed E-state index contributed by atoms with van der Waals surface area (Å²) in [6.45, 7) is 6.70. The summed E-state index contributed by atoms with van der Waals surface area (Å²) in [5, 5.41) is 1.31. The minimum absolute atomic E-state index is 0.0465. The molecule has 1 aliphatic heterocycles. The number of benzene rings is 1. The maximum absolute atomic E-state index is 12.3. The molecular weight excluding hydrogens is 318 g/mol. The van der Waals surface area contributed by atoms with E-state index < -0.39 is 0 Å². The van der Waals surface area contributed by atoms with Gasteiger partial charge in [0.2, 0.25) is 0 Å². The molecule has 1 aliphatic rings. The standard InChI is InChI=1S/C19H21N3OS/c1-12(2)18-20-16-11-22(8-7-15(16)19(23)21-18)10-14-9-13-5-3-4-6-17(13)24-14/h3-6,9,12H,7-8,10-11H2,1-2H3,(H,20,21,23). The number of hydrogen-bond donors (Lipinski definition) is 1. The Hall–Kier alpha value is -1.98. The van der Waals surface area contributed by atoms with E-state index in [1.165, 1.54) is 15.0 Å². The van der Waals surface area contributed by atoms with E-state index in [0.29, 0.717) is 0 Å². The van der Waals surface area contributed by atoms with Crippen LogP contribution in [0.2, 0.25) is 0 Å². The maximum atomic E-state index is 12.3. The van der Waals surface area contributed by atoms with Crippen LogP contribution in [0.25, 0.3) is 10.1 Å². The largest absolute Gasteiger partial charge is 0.310 e.